The number of nitrogens with zero attached hydrogens (tertiary/aromatic N) is 1. The molecule has 0 aromatic heterocycles. The molecule has 0 amide bonds. The molecule has 0 radical (unpaired) electrons. The van der Waals surface area contributed by atoms with Crippen LogP contribution in [0.3, 0.4) is 0 Å². The molecule has 0 spiro atoms. The Balaban J connectivity index is 1.89. The third-order valence-corrected chi connectivity index (χ3v) is 4.07. The average Bonchev–Trinajstić information content (AvgIpc) is 2.37. The first-order valence-electron chi connectivity index (χ1n) is 6.70. The average molecular weight is 252 g/mol. The van der Waals surface area contributed by atoms with Gasteiger partial charge in [-0.2, -0.15) is 0 Å². The second-order valence-electron chi connectivity index (χ2n) is 5.23. The van der Waals surface area contributed by atoms with E-state index in [1.807, 2.05) is 0 Å². The van der Waals surface area contributed by atoms with Gasteiger partial charge in [-0.1, -0.05) is 12.8 Å². The zero-order valence-electron chi connectivity index (χ0n) is 10.3. The van der Waals surface area contributed by atoms with Gasteiger partial charge >= 0.3 is 0 Å². The monoisotopic (exact) mass is 252 g/mol. The molecule has 4 heteroatoms. The summed E-state index contributed by atoms with van der Waals surface area (Å²) in [6.07, 6.45) is 4.73. The number of piperazine rings is 1. The van der Waals surface area contributed by atoms with E-state index in [0.717, 1.165) is 25.6 Å². The summed E-state index contributed by atoms with van der Waals surface area (Å²) < 4.78 is 26.6. The lowest BCUT2D eigenvalue weighted by atomic mass is 9.87. The molecule has 2 nitrogen and oxygen atoms in total. The molecular formula is C14H18F2N2. The maximum Gasteiger partial charge on any atom is 0.128 e. The summed E-state index contributed by atoms with van der Waals surface area (Å²) in [7, 11) is 0. The minimum atomic E-state index is -0.490. The number of anilines is 1. The van der Waals surface area contributed by atoms with E-state index in [-0.39, 0.29) is 0 Å². The van der Waals surface area contributed by atoms with Gasteiger partial charge in [0.25, 0.3) is 0 Å². The molecule has 2 atom stereocenters. The van der Waals surface area contributed by atoms with E-state index in [0.29, 0.717) is 17.8 Å². The predicted octanol–water partition coefficient (Wildman–Crippen LogP) is 2.69. The second kappa shape index (κ2) is 4.84. The van der Waals surface area contributed by atoms with Crippen molar-refractivity contribution in [2.45, 2.75) is 37.8 Å². The number of hydrogen-bond donors (Lipinski definition) is 1. The Labute approximate surface area is 106 Å². The Kier molecular flexibility index (Phi) is 3.20. The number of hydrogen-bond acceptors (Lipinski definition) is 2. The first kappa shape index (κ1) is 11.9. The Bertz CT molecular complexity index is 414. The normalized spacial score (nSPS) is 28.0. The molecule has 2 aliphatic rings. The van der Waals surface area contributed by atoms with Crippen molar-refractivity contribution < 1.29 is 8.78 Å². The minimum Gasteiger partial charge on any atom is -0.366 e. The molecule has 98 valence electrons. The predicted molar refractivity (Wildman–Crippen MR) is 67.8 cm³/mol. The summed E-state index contributed by atoms with van der Waals surface area (Å²) in [6.45, 7) is 1.71. The molecule has 1 aromatic carbocycles. The third kappa shape index (κ3) is 2.21. The van der Waals surface area contributed by atoms with Crippen LogP contribution in [0.1, 0.15) is 25.7 Å². The Morgan fingerprint density at radius 3 is 2.56 bits per heavy atom. The number of fused-ring (bicyclic) bond motifs is 1. The van der Waals surface area contributed by atoms with Crippen LogP contribution in [-0.2, 0) is 0 Å². The van der Waals surface area contributed by atoms with Crippen LogP contribution in [0.2, 0.25) is 0 Å². The van der Waals surface area contributed by atoms with E-state index in [2.05, 4.69) is 10.2 Å². The molecule has 1 N–H and O–H groups in total. The van der Waals surface area contributed by atoms with Crippen LogP contribution in [0.25, 0.3) is 0 Å². The zero-order valence-corrected chi connectivity index (χ0v) is 10.3. The lowest BCUT2D eigenvalue weighted by Crippen LogP contribution is -2.59. The van der Waals surface area contributed by atoms with E-state index in [4.69, 9.17) is 0 Å². The summed E-state index contributed by atoms with van der Waals surface area (Å²) in [4.78, 5) is 2.17. The standard InChI is InChI=1S/C14H18F2N2/c15-10-7-11(16)9-12(8-10)18-6-5-17-13-3-1-2-4-14(13)18/h7-9,13-14,17H,1-6H2/t13-,14+/m1/s1. The van der Waals surface area contributed by atoms with E-state index >= 15 is 0 Å². The van der Waals surface area contributed by atoms with Crippen LogP contribution < -0.4 is 10.2 Å². The number of nitrogens with one attached hydrogen (secondary N) is 1. The molecule has 18 heavy (non-hydrogen) atoms. The van der Waals surface area contributed by atoms with Gasteiger partial charge in [0.1, 0.15) is 11.6 Å². The topological polar surface area (TPSA) is 15.3 Å². The SMILES string of the molecule is Fc1cc(F)cc(N2CCN[C@@H]3CCCC[C@@H]32)c1. The van der Waals surface area contributed by atoms with Crippen LogP contribution in [0.5, 0.6) is 0 Å². The Hall–Kier alpha value is -1.16. The van der Waals surface area contributed by atoms with Crippen molar-refractivity contribution in [2.24, 2.45) is 0 Å². The summed E-state index contributed by atoms with van der Waals surface area (Å²) in [5.74, 6) is -0.980. The molecule has 3 rings (SSSR count). The van der Waals surface area contributed by atoms with Gasteiger partial charge in [-0.15, -0.1) is 0 Å². The highest BCUT2D eigenvalue weighted by molar-refractivity contribution is 5.49. The van der Waals surface area contributed by atoms with Crippen LogP contribution in [0, 0.1) is 11.6 Å². The highest BCUT2D eigenvalue weighted by atomic mass is 19.1. The van der Waals surface area contributed by atoms with Gasteiger partial charge in [-0.05, 0) is 25.0 Å². The molecule has 0 bridgehead atoms. The minimum absolute atomic E-state index is 0.383. The lowest BCUT2D eigenvalue weighted by molar-refractivity contribution is 0.284. The molecule has 1 aromatic rings. The maximum atomic E-state index is 13.3. The van der Waals surface area contributed by atoms with Gasteiger partial charge in [0, 0.05) is 36.9 Å². The van der Waals surface area contributed by atoms with Gasteiger partial charge in [-0.25, -0.2) is 8.78 Å². The van der Waals surface area contributed by atoms with Crippen molar-refractivity contribution in [3.63, 3.8) is 0 Å². The van der Waals surface area contributed by atoms with Crippen LogP contribution in [0.15, 0.2) is 18.2 Å². The molecular weight excluding hydrogens is 234 g/mol. The van der Waals surface area contributed by atoms with Crippen molar-refractivity contribution in [1.82, 2.24) is 5.32 Å². The fourth-order valence-electron chi connectivity index (χ4n) is 3.28. The summed E-state index contributed by atoms with van der Waals surface area (Å²) in [5, 5.41) is 3.52. The summed E-state index contributed by atoms with van der Waals surface area (Å²) in [5.41, 5.74) is 0.686. The lowest BCUT2D eigenvalue weighted by Gasteiger charge is -2.46. The van der Waals surface area contributed by atoms with E-state index < -0.39 is 11.6 Å². The number of benzene rings is 1. The van der Waals surface area contributed by atoms with Gasteiger partial charge < -0.3 is 10.2 Å². The van der Waals surface area contributed by atoms with E-state index in [1.165, 1.54) is 31.4 Å². The fraction of sp³-hybridized carbons (Fsp3) is 0.571. The first-order chi connectivity index (χ1) is 8.74. The quantitative estimate of drug-likeness (QED) is 0.826. The van der Waals surface area contributed by atoms with Crippen molar-refractivity contribution >= 4 is 5.69 Å². The Morgan fingerprint density at radius 1 is 1.06 bits per heavy atom. The fourth-order valence-corrected chi connectivity index (χ4v) is 3.28. The maximum absolute atomic E-state index is 13.3. The van der Waals surface area contributed by atoms with Gasteiger partial charge in [0.15, 0.2) is 0 Å². The molecule has 1 aliphatic heterocycles. The van der Waals surface area contributed by atoms with Gasteiger partial charge in [0.2, 0.25) is 0 Å². The number of rotatable bonds is 1. The highest BCUT2D eigenvalue weighted by Gasteiger charge is 2.33. The van der Waals surface area contributed by atoms with E-state index in [1.54, 1.807) is 0 Å². The van der Waals surface area contributed by atoms with Crippen LogP contribution in [-0.4, -0.2) is 25.2 Å². The molecule has 0 unspecified atom stereocenters. The second-order valence-corrected chi connectivity index (χ2v) is 5.23. The summed E-state index contributed by atoms with van der Waals surface area (Å²) >= 11 is 0. The molecule has 1 saturated heterocycles. The molecule has 1 saturated carbocycles. The smallest absolute Gasteiger partial charge is 0.128 e. The van der Waals surface area contributed by atoms with Crippen molar-refractivity contribution in [3.8, 4) is 0 Å². The van der Waals surface area contributed by atoms with Gasteiger partial charge in [-0.3, -0.25) is 0 Å². The molecule has 1 aliphatic carbocycles. The van der Waals surface area contributed by atoms with Crippen molar-refractivity contribution in [1.29, 1.82) is 0 Å². The third-order valence-electron chi connectivity index (χ3n) is 4.07. The Morgan fingerprint density at radius 2 is 1.78 bits per heavy atom. The number of halogens is 2. The van der Waals surface area contributed by atoms with E-state index in [9.17, 15) is 8.78 Å². The van der Waals surface area contributed by atoms with Crippen molar-refractivity contribution in [3.05, 3.63) is 29.8 Å². The van der Waals surface area contributed by atoms with Crippen molar-refractivity contribution in [2.75, 3.05) is 18.0 Å². The molecule has 2 fully saturated rings. The largest absolute Gasteiger partial charge is 0.366 e. The van der Waals surface area contributed by atoms with Crippen LogP contribution in [0.4, 0.5) is 14.5 Å². The molecule has 1 heterocycles. The summed E-state index contributed by atoms with van der Waals surface area (Å²) in [6, 6.07) is 4.68. The first-order valence-corrected chi connectivity index (χ1v) is 6.70. The van der Waals surface area contributed by atoms with Crippen LogP contribution >= 0.6 is 0 Å². The highest BCUT2D eigenvalue weighted by Crippen LogP contribution is 2.30. The van der Waals surface area contributed by atoms with Gasteiger partial charge in [0.05, 0.1) is 0 Å². The zero-order chi connectivity index (χ0) is 12.5.